The monoisotopic (exact) mass is 351 g/mol. The van der Waals surface area contributed by atoms with E-state index in [1.54, 1.807) is 12.1 Å². The number of hydrogen-bond acceptors (Lipinski definition) is 3. The van der Waals surface area contributed by atoms with Gasteiger partial charge in [-0.3, -0.25) is 0 Å². The molecule has 1 aromatic heterocycles. The number of alkyl halides is 1. The molecule has 5 heteroatoms. The molecule has 0 aliphatic carbocycles. The predicted octanol–water partition coefficient (Wildman–Crippen LogP) is 3.51. The van der Waals surface area contributed by atoms with E-state index in [4.69, 9.17) is 4.74 Å². The summed E-state index contributed by atoms with van der Waals surface area (Å²) < 4.78 is 5.21. The van der Waals surface area contributed by atoms with E-state index in [1.165, 1.54) is 0 Å². The zero-order valence-electron chi connectivity index (χ0n) is 9.49. The quantitative estimate of drug-likeness (QED) is 0.604. The van der Waals surface area contributed by atoms with Crippen molar-refractivity contribution < 1.29 is 9.53 Å². The first kappa shape index (κ1) is 15.6. The number of rotatable bonds is 2. The molecule has 1 heterocycles. The molecular formula is C11H15Br2NO2. The van der Waals surface area contributed by atoms with Gasteiger partial charge < -0.3 is 4.74 Å². The van der Waals surface area contributed by atoms with Crippen molar-refractivity contribution in [2.45, 2.75) is 31.7 Å². The number of pyridine rings is 1. The average molecular weight is 353 g/mol. The van der Waals surface area contributed by atoms with Crippen molar-refractivity contribution in [3.8, 4) is 0 Å². The molecule has 0 amide bonds. The maximum atomic E-state index is 11.6. The predicted molar refractivity (Wildman–Crippen MR) is 72.4 cm³/mol. The lowest BCUT2D eigenvalue weighted by Crippen LogP contribution is -2.24. The van der Waals surface area contributed by atoms with Crippen LogP contribution in [0.15, 0.2) is 18.2 Å². The standard InChI is InChI=1S/C11H14BrNO2.BrH/c1-11(2,3)15-10(14)9-6-4-5-8(7-12)13-9;/h4-6H,7H2,1-3H3;1H. The molecule has 0 fully saturated rings. The van der Waals surface area contributed by atoms with E-state index in [-0.39, 0.29) is 23.0 Å². The maximum absolute atomic E-state index is 11.6. The molecule has 0 saturated carbocycles. The van der Waals surface area contributed by atoms with Crippen LogP contribution < -0.4 is 0 Å². The molecule has 0 radical (unpaired) electrons. The van der Waals surface area contributed by atoms with Gasteiger partial charge in [0.15, 0.2) is 0 Å². The third-order valence-corrected chi connectivity index (χ3v) is 2.13. The Hall–Kier alpha value is -0.420. The maximum Gasteiger partial charge on any atom is 0.357 e. The number of nitrogens with zero attached hydrogens (tertiary/aromatic N) is 1. The van der Waals surface area contributed by atoms with Crippen molar-refractivity contribution in [1.29, 1.82) is 0 Å². The number of carbonyl (C=O) groups is 1. The number of hydrogen-bond donors (Lipinski definition) is 0. The zero-order chi connectivity index (χ0) is 11.5. The lowest BCUT2D eigenvalue weighted by atomic mass is 10.2. The van der Waals surface area contributed by atoms with Gasteiger partial charge in [-0.05, 0) is 32.9 Å². The van der Waals surface area contributed by atoms with Crippen molar-refractivity contribution in [3.63, 3.8) is 0 Å². The minimum Gasteiger partial charge on any atom is -0.455 e. The van der Waals surface area contributed by atoms with Gasteiger partial charge in [0.25, 0.3) is 0 Å². The van der Waals surface area contributed by atoms with E-state index >= 15 is 0 Å². The molecule has 0 atom stereocenters. The van der Waals surface area contributed by atoms with Crippen LogP contribution in [0.5, 0.6) is 0 Å². The van der Waals surface area contributed by atoms with Gasteiger partial charge in [-0.15, -0.1) is 17.0 Å². The van der Waals surface area contributed by atoms with Crippen LogP contribution >= 0.6 is 32.9 Å². The topological polar surface area (TPSA) is 39.2 Å². The van der Waals surface area contributed by atoms with E-state index in [0.717, 1.165) is 5.69 Å². The summed E-state index contributed by atoms with van der Waals surface area (Å²) in [5.41, 5.74) is 0.684. The fraction of sp³-hybridized carbons (Fsp3) is 0.455. The van der Waals surface area contributed by atoms with Gasteiger partial charge in [-0.2, -0.15) is 0 Å². The molecule has 0 unspecified atom stereocenters. The minimum absolute atomic E-state index is 0. The Labute approximate surface area is 114 Å². The highest BCUT2D eigenvalue weighted by Crippen LogP contribution is 2.11. The first-order chi connectivity index (χ1) is 6.92. The summed E-state index contributed by atoms with van der Waals surface area (Å²) in [6.07, 6.45) is 0. The molecule has 0 saturated heterocycles. The van der Waals surface area contributed by atoms with Crippen molar-refractivity contribution in [2.75, 3.05) is 0 Å². The minimum atomic E-state index is -0.483. The molecule has 1 aromatic rings. The summed E-state index contributed by atoms with van der Waals surface area (Å²) in [5, 5.41) is 0.629. The number of aromatic nitrogens is 1. The van der Waals surface area contributed by atoms with Gasteiger partial charge in [0, 0.05) is 5.33 Å². The third-order valence-electron chi connectivity index (χ3n) is 1.55. The van der Waals surface area contributed by atoms with Crippen molar-refractivity contribution >= 4 is 38.9 Å². The molecular weight excluding hydrogens is 338 g/mol. The number of ether oxygens (including phenoxy) is 1. The summed E-state index contributed by atoms with van der Waals surface area (Å²) in [6.45, 7) is 5.50. The number of esters is 1. The lowest BCUT2D eigenvalue weighted by Gasteiger charge is -2.19. The van der Waals surface area contributed by atoms with Crippen LogP contribution in [0.1, 0.15) is 37.0 Å². The SMILES string of the molecule is Br.CC(C)(C)OC(=O)c1cccc(CBr)n1. The van der Waals surface area contributed by atoms with Crippen molar-refractivity contribution in [2.24, 2.45) is 0 Å². The van der Waals surface area contributed by atoms with Crippen LogP contribution in [0.2, 0.25) is 0 Å². The molecule has 0 spiro atoms. The molecule has 0 aliphatic heterocycles. The number of halogens is 2. The lowest BCUT2D eigenvalue weighted by molar-refractivity contribution is 0.00626. The summed E-state index contributed by atoms with van der Waals surface area (Å²) in [7, 11) is 0. The van der Waals surface area contributed by atoms with Gasteiger partial charge in [0.1, 0.15) is 11.3 Å². The van der Waals surface area contributed by atoms with E-state index in [1.807, 2.05) is 26.8 Å². The van der Waals surface area contributed by atoms with Gasteiger partial charge >= 0.3 is 5.97 Å². The van der Waals surface area contributed by atoms with Gasteiger partial charge in [-0.1, -0.05) is 22.0 Å². The summed E-state index contributed by atoms with van der Waals surface area (Å²) in [5.74, 6) is -0.384. The smallest absolute Gasteiger partial charge is 0.357 e. The summed E-state index contributed by atoms with van der Waals surface area (Å²) >= 11 is 3.29. The van der Waals surface area contributed by atoms with Crippen molar-refractivity contribution in [1.82, 2.24) is 4.98 Å². The van der Waals surface area contributed by atoms with Gasteiger partial charge in [-0.25, -0.2) is 9.78 Å². The Morgan fingerprint density at radius 2 is 2.06 bits per heavy atom. The highest BCUT2D eigenvalue weighted by atomic mass is 79.9. The Morgan fingerprint density at radius 1 is 1.44 bits per heavy atom. The molecule has 0 aromatic carbocycles. The third kappa shape index (κ3) is 5.07. The molecule has 90 valence electrons. The fourth-order valence-corrected chi connectivity index (χ4v) is 1.31. The van der Waals surface area contributed by atoms with Crippen LogP contribution in [-0.2, 0) is 10.1 Å². The Bertz CT molecular complexity index is 361. The largest absolute Gasteiger partial charge is 0.455 e. The van der Waals surface area contributed by atoms with E-state index in [2.05, 4.69) is 20.9 Å². The zero-order valence-corrected chi connectivity index (χ0v) is 12.8. The van der Waals surface area contributed by atoms with Gasteiger partial charge in [0.2, 0.25) is 0 Å². The summed E-state index contributed by atoms with van der Waals surface area (Å²) in [6, 6.07) is 5.30. The number of carbonyl (C=O) groups excluding carboxylic acids is 1. The Kier molecular flexibility index (Phi) is 6.18. The molecule has 3 nitrogen and oxygen atoms in total. The molecule has 16 heavy (non-hydrogen) atoms. The highest BCUT2D eigenvalue weighted by Gasteiger charge is 2.18. The molecule has 0 N–H and O–H groups in total. The van der Waals surface area contributed by atoms with Crippen LogP contribution in [0.4, 0.5) is 0 Å². The van der Waals surface area contributed by atoms with E-state index in [0.29, 0.717) is 11.0 Å². The highest BCUT2D eigenvalue weighted by molar-refractivity contribution is 9.08. The van der Waals surface area contributed by atoms with Crippen LogP contribution in [-0.4, -0.2) is 16.6 Å². The molecule has 0 bridgehead atoms. The fourth-order valence-electron chi connectivity index (χ4n) is 0.998. The van der Waals surface area contributed by atoms with Crippen LogP contribution in [0.25, 0.3) is 0 Å². The average Bonchev–Trinajstić information content (AvgIpc) is 2.15. The summed E-state index contributed by atoms with van der Waals surface area (Å²) in [4.78, 5) is 15.8. The second kappa shape index (κ2) is 6.35. The molecule has 0 aliphatic rings. The van der Waals surface area contributed by atoms with E-state index < -0.39 is 5.60 Å². The van der Waals surface area contributed by atoms with E-state index in [9.17, 15) is 4.79 Å². The van der Waals surface area contributed by atoms with Gasteiger partial charge in [0.05, 0.1) is 5.69 Å². The first-order valence-electron chi connectivity index (χ1n) is 4.67. The van der Waals surface area contributed by atoms with Crippen LogP contribution in [0, 0.1) is 0 Å². The van der Waals surface area contributed by atoms with Crippen molar-refractivity contribution in [3.05, 3.63) is 29.6 Å². The second-order valence-electron chi connectivity index (χ2n) is 4.15. The first-order valence-corrected chi connectivity index (χ1v) is 5.80. The van der Waals surface area contributed by atoms with Crippen LogP contribution in [0.3, 0.4) is 0 Å². The normalized spacial score (nSPS) is 10.5. The Morgan fingerprint density at radius 3 is 2.56 bits per heavy atom. The molecule has 1 rings (SSSR count). The Balaban J connectivity index is 0.00000225. The second-order valence-corrected chi connectivity index (χ2v) is 4.71.